The molecule has 0 aromatic heterocycles. The number of aliphatic carboxylic acids is 1. The minimum Gasteiger partial charge on any atom is -0.492 e. The zero-order valence-electron chi connectivity index (χ0n) is 14.3. The Labute approximate surface area is 150 Å². The molecule has 2 fully saturated rings. The van der Waals surface area contributed by atoms with Crippen LogP contribution in [-0.2, 0) is 16.0 Å². The Hall–Kier alpha value is -2.83. The standard InChI is InChI=1S/C19H20N2O5/c1-2-7-20-10-19(18(24)25)11-21(9-14(19)17(20)23)16(22)13-5-3-4-12-6-8-26-15(12)13/h2-5,14H,1,6-11H2,(H,24,25)/t14-,19+/m0/s1. The molecular formula is C19H20N2O5. The topological polar surface area (TPSA) is 87.2 Å². The molecule has 3 aliphatic rings. The van der Waals surface area contributed by atoms with Gasteiger partial charge in [0.1, 0.15) is 11.2 Å². The van der Waals surface area contributed by atoms with Crippen molar-refractivity contribution in [1.82, 2.24) is 9.80 Å². The van der Waals surface area contributed by atoms with E-state index in [0.29, 0.717) is 24.5 Å². The molecule has 3 heterocycles. The van der Waals surface area contributed by atoms with E-state index in [1.807, 2.05) is 12.1 Å². The van der Waals surface area contributed by atoms with Crippen LogP contribution in [0.25, 0.3) is 0 Å². The summed E-state index contributed by atoms with van der Waals surface area (Å²) in [6.07, 6.45) is 2.34. The van der Waals surface area contributed by atoms with Gasteiger partial charge < -0.3 is 19.6 Å². The summed E-state index contributed by atoms with van der Waals surface area (Å²) in [7, 11) is 0. The number of hydrogen-bond donors (Lipinski definition) is 1. The lowest BCUT2D eigenvalue weighted by Gasteiger charge is -2.25. The Morgan fingerprint density at radius 3 is 2.88 bits per heavy atom. The molecule has 0 unspecified atom stereocenters. The second-order valence-corrected chi connectivity index (χ2v) is 7.10. The molecule has 0 radical (unpaired) electrons. The Morgan fingerprint density at radius 2 is 2.19 bits per heavy atom. The van der Waals surface area contributed by atoms with Crippen molar-refractivity contribution < 1.29 is 24.2 Å². The summed E-state index contributed by atoms with van der Waals surface area (Å²) in [5.41, 5.74) is 0.168. The average Bonchev–Trinajstić information content (AvgIpc) is 3.30. The predicted octanol–water partition coefficient (Wildman–Crippen LogP) is 0.793. The van der Waals surface area contributed by atoms with Gasteiger partial charge >= 0.3 is 5.97 Å². The number of hydrogen-bond acceptors (Lipinski definition) is 4. The zero-order valence-corrected chi connectivity index (χ0v) is 14.3. The molecule has 0 aliphatic carbocycles. The van der Waals surface area contributed by atoms with E-state index in [4.69, 9.17) is 4.74 Å². The van der Waals surface area contributed by atoms with Crippen molar-refractivity contribution in [2.24, 2.45) is 11.3 Å². The summed E-state index contributed by atoms with van der Waals surface area (Å²) in [6.45, 7) is 4.71. The molecule has 3 aliphatic heterocycles. The van der Waals surface area contributed by atoms with Gasteiger partial charge in [0.05, 0.1) is 18.1 Å². The van der Waals surface area contributed by atoms with Gasteiger partial charge in [-0.1, -0.05) is 18.2 Å². The van der Waals surface area contributed by atoms with Gasteiger partial charge in [0, 0.05) is 32.6 Å². The minimum absolute atomic E-state index is 0.0227. The van der Waals surface area contributed by atoms with Crippen molar-refractivity contribution in [2.75, 3.05) is 32.8 Å². The number of amides is 2. The number of benzene rings is 1. The van der Waals surface area contributed by atoms with Crippen LogP contribution in [0, 0.1) is 11.3 Å². The van der Waals surface area contributed by atoms with Crippen LogP contribution >= 0.6 is 0 Å². The normalized spacial score (nSPS) is 26.5. The van der Waals surface area contributed by atoms with Crippen molar-refractivity contribution in [3.05, 3.63) is 42.0 Å². The fraction of sp³-hybridized carbons (Fsp3) is 0.421. The van der Waals surface area contributed by atoms with E-state index in [0.717, 1.165) is 12.0 Å². The summed E-state index contributed by atoms with van der Waals surface area (Å²) < 4.78 is 5.60. The first-order valence-corrected chi connectivity index (χ1v) is 8.65. The van der Waals surface area contributed by atoms with E-state index in [1.54, 1.807) is 12.1 Å². The lowest BCUT2D eigenvalue weighted by atomic mass is 9.81. The van der Waals surface area contributed by atoms with Crippen molar-refractivity contribution in [2.45, 2.75) is 6.42 Å². The fourth-order valence-electron chi connectivity index (χ4n) is 4.33. The maximum atomic E-state index is 13.0. The molecule has 1 aromatic rings. The molecule has 1 aromatic carbocycles. The van der Waals surface area contributed by atoms with Gasteiger partial charge in [-0.3, -0.25) is 14.4 Å². The molecule has 7 nitrogen and oxygen atoms in total. The van der Waals surface area contributed by atoms with E-state index in [9.17, 15) is 19.5 Å². The highest BCUT2D eigenvalue weighted by Gasteiger charge is 2.62. The molecule has 2 amide bonds. The zero-order chi connectivity index (χ0) is 18.5. The highest BCUT2D eigenvalue weighted by Crippen LogP contribution is 2.44. The Kier molecular flexibility index (Phi) is 3.75. The molecule has 4 rings (SSSR count). The number of carbonyl (C=O) groups excluding carboxylic acids is 2. The number of rotatable bonds is 4. The number of carbonyl (C=O) groups is 3. The van der Waals surface area contributed by atoms with Gasteiger partial charge in [-0.25, -0.2) is 0 Å². The van der Waals surface area contributed by atoms with Gasteiger partial charge in [-0.2, -0.15) is 0 Å². The minimum atomic E-state index is -1.26. The van der Waals surface area contributed by atoms with Crippen LogP contribution in [0.5, 0.6) is 5.75 Å². The molecule has 0 saturated carbocycles. The number of nitrogens with zero attached hydrogens (tertiary/aromatic N) is 2. The van der Waals surface area contributed by atoms with Gasteiger partial charge in [-0.05, 0) is 11.6 Å². The third-order valence-electron chi connectivity index (χ3n) is 5.63. The van der Waals surface area contributed by atoms with Crippen LogP contribution in [0.1, 0.15) is 15.9 Å². The molecule has 0 spiro atoms. The summed E-state index contributed by atoms with van der Waals surface area (Å²) in [5.74, 6) is -1.67. The second-order valence-electron chi connectivity index (χ2n) is 7.10. The van der Waals surface area contributed by atoms with Crippen LogP contribution in [0.3, 0.4) is 0 Å². The van der Waals surface area contributed by atoms with E-state index in [2.05, 4.69) is 6.58 Å². The summed E-state index contributed by atoms with van der Waals surface area (Å²) >= 11 is 0. The molecule has 26 heavy (non-hydrogen) atoms. The fourth-order valence-corrected chi connectivity index (χ4v) is 4.33. The van der Waals surface area contributed by atoms with Crippen LogP contribution in [0.2, 0.25) is 0 Å². The van der Waals surface area contributed by atoms with Gasteiger partial charge in [0.2, 0.25) is 5.91 Å². The predicted molar refractivity (Wildman–Crippen MR) is 91.9 cm³/mol. The number of para-hydroxylation sites is 1. The molecule has 2 atom stereocenters. The third kappa shape index (κ3) is 2.23. The molecule has 2 saturated heterocycles. The number of fused-ring (bicyclic) bond motifs is 2. The highest BCUT2D eigenvalue weighted by molar-refractivity contribution is 6.00. The molecule has 1 N–H and O–H groups in total. The number of ether oxygens (including phenoxy) is 1. The first-order chi connectivity index (χ1) is 12.5. The smallest absolute Gasteiger partial charge is 0.314 e. The first-order valence-electron chi connectivity index (χ1n) is 8.65. The first kappa shape index (κ1) is 16.6. The largest absolute Gasteiger partial charge is 0.492 e. The van der Waals surface area contributed by atoms with Crippen molar-refractivity contribution in [1.29, 1.82) is 0 Å². The third-order valence-corrected chi connectivity index (χ3v) is 5.63. The quantitative estimate of drug-likeness (QED) is 0.806. The SMILES string of the molecule is C=CCN1C[C@@]2(C(=O)O)CN(C(=O)c3cccc4c3OCC4)C[C@H]2C1=O. The van der Waals surface area contributed by atoms with Crippen molar-refractivity contribution in [3.8, 4) is 5.75 Å². The van der Waals surface area contributed by atoms with Gasteiger partial charge in [0.15, 0.2) is 0 Å². The van der Waals surface area contributed by atoms with Gasteiger partial charge in [-0.15, -0.1) is 6.58 Å². The van der Waals surface area contributed by atoms with E-state index in [1.165, 1.54) is 9.80 Å². The monoisotopic (exact) mass is 356 g/mol. The number of carboxylic acids is 1. The maximum Gasteiger partial charge on any atom is 0.314 e. The second kappa shape index (κ2) is 5.86. The lowest BCUT2D eigenvalue weighted by Crippen LogP contribution is -2.42. The van der Waals surface area contributed by atoms with Gasteiger partial charge in [0.25, 0.3) is 5.91 Å². The van der Waals surface area contributed by atoms with E-state index < -0.39 is 17.3 Å². The Balaban J connectivity index is 1.63. The summed E-state index contributed by atoms with van der Waals surface area (Å²) in [5, 5.41) is 9.84. The maximum absolute atomic E-state index is 13.0. The Morgan fingerprint density at radius 1 is 1.38 bits per heavy atom. The molecular weight excluding hydrogens is 336 g/mol. The Bertz CT molecular complexity index is 820. The summed E-state index contributed by atoms with van der Waals surface area (Å²) in [6, 6.07) is 5.43. The van der Waals surface area contributed by atoms with Crippen molar-refractivity contribution >= 4 is 17.8 Å². The van der Waals surface area contributed by atoms with Crippen molar-refractivity contribution in [3.63, 3.8) is 0 Å². The molecule has 136 valence electrons. The lowest BCUT2D eigenvalue weighted by molar-refractivity contribution is -0.149. The van der Waals surface area contributed by atoms with E-state index >= 15 is 0 Å². The van der Waals surface area contributed by atoms with Crippen LogP contribution < -0.4 is 4.74 Å². The van der Waals surface area contributed by atoms with Crippen LogP contribution in [-0.4, -0.2) is 65.5 Å². The summed E-state index contributed by atoms with van der Waals surface area (Å²) in [4.78, 5) is 40.7. The average molecular weight is 356 g/mol. The van der Waals surface area contributed by atoms with E-state index in [-0.39, 0.29) is 31.4 Å². The number of likely N-dealkylation sites (tertiary alicyclic amines) is 2. The van der Waals surface area contributed by atoms with Crippen LogP contribution in [0.15, 0.2) is 30.9 Å². The molecule has 0 bridgehead atoms. The highest BCUT2D eigenvalue weighted by atomic mass is 16.5. The number of carboxylic acid groups (broad SMARTS) is 1. The van der Waals surface area contributed by atoms with Crippen LogP contribution in [0.4, 0.5) is 0 Å². The molecule has 7 heteroatoms.